The predicted molar refractivity (Wildman–Crippen MR) is 70.8 cm³/mol. The molecule has 0 amide bonds. The van der Waals surface area contributed by atoms with Crippen molar-refractivity contribution in [3.05, 3.63) is 48.6 Å². The van der Waals surface area contributed by atoms with Crippen LogP contribution in [0.5, 0.6) is 5.75 Å². The Kier molecular flexibility index (Phi) is 4.84. The molecule has 86 valence electrons. The number of benzene rings is 1. The van der Waals surface area contributed by atoms with E-state index in [1.807, 2.05) is 24.3 Å². The van der Waals surface area contributed by atoms with Crippen LogP contribution in [0.4, 0.5) is 0 Å². The highest BCUT2D eigenvalue weighted by Crippen LogP contribution is 2.22. The van der Waals surface area contributed by atoms with Crippen molar-refractivity contribution in [3.63, 3.8) is 0 Å². The van der Waals surface area contributed by atoms with Crippen LogP contribution < -0.4 is 4.74 Å². The van der Waals surface area contributed by atoms with Crippen LogP contribution in [0.25, 0.3) is 6.08 Å². The summed E-state index contributed by atoms with van der Waals surface area (Å²) in [5.74, 6) is 1.41. The first-order valence-corrected chi connectivity index (χ1v) is 5.67. The average Bonchev–Trinajstić information content (AvgIpc) is 2.35. The van der Waals surface area contributed by atoms with Gasteiger partial charge in [0.2, 0.25) is 0 Å². The molecule has 0 saturated carbocycles. The fraction of sp³-hybridized carbons (Fsp3) is 0.333. The van der Waals surface area contributed by atoms with Crippen molar-refractivity contribution in [1.29, 1.82) is 0 Å². The van der Waals surface area contributed by atoms with E-state index in [1.54, 1.807) is 7.11 Å². The molecular weight excluding hydrogens is 196 g/mol. The van der Waals surface area contributed by atoms with Crippen LogP contribution in [0.1, 0.15) is 24.5 Å². The molecule has 0 N–H and O–H groups in total. The van der Waals surface area contributed by atoms with Crippen LogP contribution in [0.15, 0.2) is 37.4 Å². The van der Waals surface area contributed by atoms with E-state index in [9.17, 15) is 0 Å². The minimum atomic E-state index is 0.534. The molecule has 1 rings (SSSR count). The number of hydrogen-bond acceptors (Lipinski definition) is 1. The first kappa shape index (κ1) is 12.6. The molecule has 0 saturated heterocycles. The normalized spacial score (nSPS) is 11.9. The lowest BCUT2D eigenvalue weighted by molar-refractivity contribution is 0.414. The largest absolute Gasteiger partial charge is 0.497 e. The smallest absolute Gasteiger partial charge is 0.119 e. The number of methoxy groups -OCH3 is 1. The zero-order chi connectivity index (χ0) is 12.0. The summed E-state index contributed by atoms with van der Waals surface area (Å²) in [6, 6.07) is 6.14. The molecule has 0 spiro atoms. The quantitative estimate of drug-likeness (QED) is 0.651. The van der Waals surface area contributed by atoms with E-state index in [2.05, 4.69) is 26.1 Å². The van der Waals surface area contributed by atoms with Crippen LogP contribution in [0.2, 0.25) is 0 Å². The Morgan fingerprint density at radius 2 is 2.12 bits per heavy atom. The van der Waals surface area contributed by atoms with Crippen LogP contribution in [-0.2, 0) is 6.42 Å². The molecule has 1 aromatic rings. The monoisotopic (exact) mass is 216 g/mol. The van der Waals surface area contributed by atoms with Gasteiger partial charge in [0, 0.05) is 0 Å². The van der Waals surface area contributed by atoms with Crippen LogP contribution >= 0.6 is 0 Å². The van der Waals surface area contributed by atoms with Gasteiger partial charge in [-0.05, 0) is 42.0 Å². The zero-order valence-electron chi connectivity index (χ0n) is 10.2. The summed E-state index contributed by atoms with van der Waals surface area (Å²) in [6.07, 6.45) is 6.04. The van der Waals surface area contributed by atoms with Crippen molar-refractivity contribution in [1.82, 2.24) is 0 Å². The van der Waals surface area contributed by atoms with E-state index >= 15 is 0 Å². The van der Waals surface area contributed by atoms with Gasteiger partial charge in [-0.1, -0.05) is 31.7 Å². The second-order valence-electron chi connectivity index (χ2n) is 3.88. The molecule has 0 aliphatic carbocycles. The second-order valence-corrected chi connectivity index (χ2v) is 3.88. The summed E-state index contributed by atoms with van der Waals surface area (Å²) in [4.78, 5) is 0. The molecule has 1 aromatic carbocycles. The minimum Gasteiger partial charge on any atom is -0.497 e. The van der Waals surface area contributed by atoms with Gasteiger partial charge in [-0.25, -0.2) is 0 Å². The van der Waals surface area contributed by atoms with Gasteiger partial charge < -0.3 is 4.74 Å². The van der Waals surface area contributed by atoms with Crippen molar-refractivity contribution in [2.24, 2.45) is 5.92 Å². The Hall–Kier alpha value is -1.50. The molecule has 0 heterocycles. The van der Waals surface area contributed by atoms with Crippen molar-refractivity contribution >= 4 is 6.08 Å². The van der Waals surface area contributed by atoms with E-state index in [4.69, 9.17) is 4.74 Å². The second kappa shape index (κ2) is 6.16. The summed E-state index contributed by atoms with van der Waals surface area (Å²) in [7, 11) is 1.68. The van der Waals surface area contributed by atoms with Crippen LogP contribution in [0, 0.1) is 5.92 Å². The third-order valence-electron chi connectivity index (χ3n) is 2.91. The first-order valence-electron chi connectivity index (χ1n) is 5.67. The third-order valence-corrected chi connectivity index (χ3v) is 2.91. The van der Waals surface area contributed by atoms with E-state index in [0.29, 0.717) is 5.92 Å². The summed E-state index contributed by atoms with van der Waals surface area (Å²) in [5, 5.41) is 0. The van der Waals surface area contributed by atoms with Crippen molar-refractivity contribution in [2.75, 3.05) is 7.11 Å². The fourth-order valence-corrected chi connectivity index (χ4v) is 1.75. The summed E-state index contributed by atoms with van der Waals surface area (Å²) in [6.45, 7) is 9.90. The lowest BCUT2D eigenvalue weighted by Crippen LogP contribution is -2.01. The average molecular weight is 216 g/mol. The number of rotatable bonds is 6. The van der Waals surface area contributed by atoms with E-state index in [0.717, 1.165) is 24.2 Å². The highest BCUT2D eigenvalue weighted by molar-refractivity contribution is 5.54. The lowest BCUT2D eigenvalue weighted by atomic mass is 9.94. The molecule has 0 radical (unpaired) electrons. The molecule has 0 fully saturated rings. The molecule has 1 heteroatoms. The maximum atomic E-state index is 5.20. The van der Waals surface area contributed by atoms with Gasteiger partial charge in [0.25, 0.3) is 0 Å². The number of allylic oxidation sites excluding steroid dienone is 1. The minimum absolute atomic E-state index is 0.534. The van der Waals surface area contributed by atoms with E-state index in [1.165, 1.54) is 5.56 Å². The molecular formula is C15H20O. The summed E-state index contributed by atoms with van der Waals surface area (Å²) in [5.41, 5.74) is 2.46. The maximum Gasteiger partial charge on any atom is 0.119 e. The van der Waals surface area contributed by atoms with Crippen molar-refractivity contribution in [3.8, 4) is 5.75 Å². The Morgan fingerprint density at radius 1 is 1.38 bits per heavy atom. The molecule has 0 aliphatic heterocycles. The molecule has 1 atom stereocenters. The maximum absolute atomic E-state index is 5.20. The van der Waals surface area contributed by atoms with Gasteiger partial charge in [0.1, 0.15) is 5.75 Å². The zero-order valence-corrected chi connectivity index (χ0v) is 10.2. The molecule has 0 bridgehead atoms. The number of hydrogen-bond donors (Lipinski definition) is 0. The topological polar surface area (TPSA) is 9.23 Å². The van der Waals surface area contributed by atoms with Crippen LogP contribution in [0.3, 0.4) is 0 Å². The fourth-order valence-electron chi connectivity index (χ4n) is 1.75. The van der Waals surface area contributed by atoms with Gasteiger partial charge in [-0.3, -0.25) is 0 Å². The lowest BCUT2D eigenvalue weighted by Gasteiger charge is -2.13. The highest BCUT2D eigenvalue weighted by Gasteiger charge is 2.07. The van der Waals surface area contributed by atoms with Crippen LogP contribution in [-0.4, -0.2) is 7.11 Å². The van der Waals surface area contributed by atoms with Gasteiger partial charge in [0.05, 0.1) is 7.11 Å². The summed E-state index contributed by atoms with van der Waals surface area (Å²) >= 11 is 0. The Bertz CT molecular complexity index is 366. The standard InChI is InChI=1S/C15H20O/c1-5-12(6-2)10-14-8-9-15(16-4)11-13(14)7-3/h5,7-9,11-12H,1,3,6,10H2,2,4H3/t12-/m0/s1. The Balaban J connectivity index is 2.94. The summed E-state index contributed by atoms with van der Waals surface area (Å²) < 4.78 is 5.20. The highest BCUT2D eigenvalue weighted by atomic mass is 16.5. The Labute approximate surface area is 98.5 Å². The molecule has 0 aliphatic rings. The molecule has 0 aromatic heterocycles. The van der Waals surface area contributed by atoms with Gasteiger partial charge in [-0.2, -0.15) is 0 Å². The van der Waals surface area contributed by atoms with Gasteiger partial charge in [-0.15, -0.1) is 6.58 Å². The Morgan fingerprint density at radius 3 is 2.62 bits per heavy atom. The molecule has 16 heavy (non-hydrogen) atoms. The first-order chi connectivity index (χ1) is 7.74. The van der Waals surface area contributed by atoms with Gasteiger partial charge in [0.15, 0.2) is 0 Å². The van der Waals surface area contributed by atoms with E-state index in [-0.39, 0.29) is 0 Å². The predicted octanol–water partition coefficient (Wildman–Crippen LogP) is 4.09. The molecule has 1 nitrogen and oxygen atoms in total. The SMILES string of the molecule is C=Cc1cc(OC)ccc1C[C@@H](C=C)CC. The molecule has 0 unspecified atom stereocenters. The van der Waals surface area contributed by atoms with E-state index < -0.39 is 0 Å². The third kappa shape index (κ3) is 2.99. The number of ether oxygens (including phenoxy) is 1. The van der Waals surface area contributed by atoms with Crippen molar-refractivity contribution < 1.29 is 4.74 Å². The van der Waals surface area contributed by atoms with Crippen molar-refractivity contribution in [2.45, 2.75) is 19.8 Å². The van der Waals surface area contributed by atoms with Gasteiger partial charge >= 0.3 is 0 Å².